The molecule has 122 valence electrons. The normalized spacial score (nSPS) is 11.9. The summed E-state index contributed by atoms with van der Waals surface area (Å²) in [5.74, 6) is -0.112. The van der Waals surface area contributed by atoms with E-state index in [2.05, 4.69) is 15.3 Å². The number of carbonyl (C=O) groups is 1. The number of hydrogen-bond donors (Lipinski definition) is 1. The Balaban J connectivity index is 1.80. The smallest absolute Gasteiger partial charge is 0.251 e. The van der Waals surface area contributed by atoms with E-state index in [4.69, 9.17) is 0 Å². The lowest BCUT2D eigenvalue weighted by molar-refractivity contribution is 0.0940. The fraction of sp³-hybridized carbons (Fsp3) is 0.167. The largest absolute Gasteiger partial charge is 0.345 e. The van der Waals surface area contributed by atoms with Gasteiger partial charge in [0.1, 0.15) is 0 Å². The van der Waals surface area contributed by atoms with Crippen LogP contribution in [0.1, 0.15) is 28.9 Å². The SMILES string of the molecule is CSc1nccn1-c1cccc(C(=O)NC(C)c2cccnc2)c1. The maximum Gasteiger partial charge on any atom is 0.251 e. The van der Waals surface area contributed by atoms with Gasteiger partial charge in [-0.3, -0.25) is 14.3 Å². The highest BCUT2D eigenvalue weighted by atomic mass is 32.2. The molecule has 1 atom stereocenters. The molecule has 0 radical (unpaired) electrons. The number of carbonyl (C=O) groups excluding carboxylic acids is 1. The number of amides is 1. The van der Waals surface area contributed by atoms with E-state index in [1.54, 1.807) is 30.4 Å². The first-order valence-corrected chi connectivity index (χ1v) is 8.80. The molecule has 2 heterocycles. The topological polar surface area (TPSA) is 59.8 Å². The van der Waals surface area contributed by atoms with Crippen molar-refractivity contribution in [3.8, 4) is 5.69 Å². The summed E-state index contributed by atoms with van der Waals surface area (Å²) in [4.78, 5) is 20.9. The van der Waals surface area contributed by atoms with Crippen LogP contribution in [0.5, 0.6) is 0 Å². The quantitative estimate of drug-likeness (QED) is 0.724. The first-order chi connectivity index (χ1) is 11.7. The van der Waals surface area contributed by atoms with Gasteiger partial charge in [0.15, 0.2) is 5.16 Å². The maximum atomic E-state index is 12.5. The molecule has 0 spiro atoms. The number of imidazole rings is 1. The molecule has 3 aromatic rings. The molecule has 0 saturated carbocycles. The van der Waals surface area contributed by atoms with E-state index >= 15 is 0 Å². The van der Waals surface area contributed by atoms with Gasteiger partial charge in [-0.25, -0.2) is 4.98 Å². The Morgan fingerprint density at radius 2 is 2.12 bits per heavy atom. The van der Waals surface area contributed by atoms with Crippen LogP contribution in [-0.2, 0) is 0 Å². The van der Waals surface area contributed by atoms with Crippen LogP contribution in [0.3, 0.4) is 0 Å². The van der Waals surface area contributed by atoms with Crippen LogP contribution in [0.4, 0.5) is 0 Å². The number of nitrogens with one attached hydrogen (secondary N) is 1. The maximum absolute atomic E-state index is 12.5. The van der Waals surface area contributed by atoms with E-state index in [0.717, 1.165) is 16.4 Å². The zero-order valence-corrected chi connectivity index (χ0v) is 14.3. The molecule has 0 fully saturated rings. The zero-order valence-electron chi connectivity index (χ0n) is 13.5. The molecule has 0 aliphatic heterocycles. The fourth-order valence-corrected chi connectivity index (χ4v) is 2.96. The minimum Gasteiger partial charge on any atom is -0.345 e. The average molecular weight is 338 g/mol. The summed E-state index contributed by atoms with van der Waals surface area (Å²) < 4.78 is 1.96. The monoisotopic (exact) mass is 338 g/mol. The minimum atomic E-state index is -0.112. The molecule has 0 bridgehead atoms. The molecule has 0 saturated heterocycles. The van der Waals surface area contributed by atoms with Crippen molar-refractivity contribution in [3.05, 3.63) is 72.3 Å². The molecule has 1 unspecified atom stereocenters. The number of pyridine rings is 1. The molecule has 6 heteroatoms. The Morgan fingerprint density at radius 1 is 1.25 bits per heavy atom. The van der Waals surface area contributed by atoms with Gasteiger partial charge in [-0.2, -0.15) is 0 Å². The predicted molar refractivity (Wildman–Crippen MR) is 95.5 cm³/mol. The molecular weight excluding hydrogens is 320 g/mol. The first-order valence-electron chi connectivity index (χ1n) is 7.57. The summed E-state index contributed by atoms with van der Waals surface area (Å²) in [6.45, 7) is 1.94. The van der Waals surface area contributed by atoms with Crippen molar-refractivity contribution in [3.63, 3.8) is 0 Å². The summed E-state index contributed by atoms with van der Waals surface area (Å²) in [6.07, 6.45) is 9.10. The summed E-state index contributed by atoms with van der Waals surface area (Å²) in [5.41, 5.74) is 2.50. The van der Waals surface area contributed by atoms with Crippen molar-refractivity contribution in [1.29, 1.82) is 0 Å². The average Bonchev–Trinajstić information content (AvgIpc) is 3.11. The lowest BCUT2D eigenvalue weighted by Crippen LogP contribution is -2.26. The van der Waals surface area contributed by atoms with Crippen molar-refractivity contribution >= 4 is 17.7 Å². The summed E-state index contributed by atoms with van der Waals surface area (Å²) in [5, 5.41) is 3.89. The Hall–Kier alpha value is -2.60. The third kappa shape index (κ3) is 3.49. The number of aromatic nitrogens is 3. The van der Waals surface area contributed by atoms with Gasteiger partial charge in [0, 0.05) is 36.0 Å². The van der Waals surface area contributed by atoms with Crippen LogP contribution in [-0.4, -0.2) is 26.7 Å². The lowest BCUT2D eigenvalue weighted by atomic mass is 10.1. The lowest BCUT2D eigenvalue weighted by Gasteiger charge is -2.14. The third-order valence-corrected chi connectivity index (χ3v) is 4.38. The van der Waals surface area contributed by atoms with Gasteiger partial charge in [0.2, 0.25) is 0 Å². The minimum absolute atomic E-state index is 0.107. The van der Waals surface area contributed by atoms with Gasteiger partial charge in [-0.05, 0) is 43.0 Å². The summed E-state index contributed by atoms with van der Waals surface area (Å²) in [6, 6.07) is 11.2. The Bertz CT molecular complexity index is 832. The van der Waals surface area contributed by atoms with E-state index < -0.39 is 0 Å². The van der Waals surface area contributed by atoms with Crippen molar-refractivity contribution in [2.75, 3.05) is 6.26 Å². The highest BCUT2D eigenvalue weighted by Gasteiger charge is 2.13. The van der Waals surface area contributed by atoms with Gasteiger partial charge >= 0.3 is 0 Å². The van der Waals surface area contributed by atoms with Gasteiger partial charge < -0.3 is 5.32 Å². The van der Waals surface area contributed by atoms with Gasteiger partial charge in [0.25, 0.3) is 5.91 Å². The number of benzene rings is 1. The van der Waals surface area contributed by atoms with E-state index in [9.17, 15) is 4.79 Å². The molecular formula is C18H18N4OS. The molecule has 1 amide bonds. The van der Waals surface area contributed by atoms with E-state index in [1.807, 2.05) is 60.3 Å². The van der Waals surface area contributed by atoms with Crippen molar-refractivity contribution in [1.82, 2.24) is 19.9 Å². The molecule has 0 aliphatic carbocycles. The van der Waals surface area contributed by atoms with Gasteiger partial charge in [-0.15, -0.1) is 0 Å². The van der Waals surface area contributed by atoms with E-state index in [1.165, 1.54) is 0 Å². The summed E-state index contributed by atoms with van der Waals surface area (Å²) in [7, 11) is 0. The first kappa shape index (κ1) is 16.3. The van der Waals surface area contributed by atoms with Crippen LogP contribution in [0.15, 0.2) is 66.3 Å². The highest BCUT2D eigenvalue weighted by molar-refractivity contribution is 7.98. The molecule has 24 heavy (non-hydrogen) atoms. The second-order valence-corrected chi connectivity index (χ2v) is 6.09. The number of nitrogens with zero attached hydrogens (tertiary/aromatic N) is 3. The molecule has 3 rings (SSSR count). The highest BCUT2D eigenvalue weighted by Crippen LogP contribution is 2.19. The van der Waals surface area contributed by atoms with Crippen LogP contribution in [0.25, 0.3) is 5.69 Å². The second kappa shape index (κ2) is 7.31. The molecule has 1 N–H and O–H groups in total. The number of thioether (sulfide) groups is 1. The zero-order chi connectivity index (χ0) is 16.9. The number of rotatable bonds is 5. The van der Waals surface area contributed by atoms with Crippen LogP contribution >= 0.6 is 11.8 Å². The molecule has 0 aliphatic rings. The Labute approximate surface area is 145 Å². The second-order valence-electron chi connectivity index (χ2n) is 5.32. The molecule has 2 aromatic heterocycles. The molecule has 1 aromatic carbocycles. The van der Waals surface area contributed by atoms with Gasteiger partial charge in [-0.1, -0.05) is 23.9 Å². The summed E-state index contributed by atoms with van der Waals surface area (Å²) >= 11 is 1.56. The van der Waals surface area contributed by atoms with Crippen molar-refractivity contribution < 1.29 is 4.79 Å². The van der Waals surface area contributed by atoms with E-state index in [-0.39, 0.29) is 11.9 Å². The number of hydrogen-bond acceptors (Lipinski definition) is 4. The van der Waals surface area contributed by atoms with E-state index in [0.29, 0.717) is 5.56 Å². The van der Waals surface area contributed by atoms with Crippen LogP contribution in [0.2, 0.25) is 0 Å². The molecule has 5 nitrogen and oxygen atoms in total. The van der Waals surface area contributed by atoms with Crippen LogP contribution < -0.4 is 5.32 Å². The van der Waals surface area contributed by atoms with Gasteiger partial charge in [0.05, 0.1) is 6.04 Å². The van der Waals surface area contributed by atoms with Crippen LogP contribution in [0, 0.1) is 0 Å². The van der Waals surface area contributed by atoms with Crippen molar-refractivity contribution in [2.24, 2.45) is 0 Å². The fourth-order valence-electron chi connectivity index (χ4n) is 2.43. The Morgan fingerprint density at radius 3 is 2.88 bits per heavy atom. The standard InChI is InChI=1S/C18H18N4OS/c1-13(15-6-4-8-19-12-15)21-17(23)14-5-3-7-16(11-14)22-10-9-20-18(22)24-2/h3-13H,1-2H3,(H,21,23). The predicted octanol–water partition coefficient (Wildman–Crippen LogP) is 3.48. The van der Waals surface area contributed by atoms with Crippen molar-refractivity contribution in [2.45, 2.75) is 18.1 Å². The Kier molecular flexibility index (Phi) is 4.96. The third-order valence-electron chi connectivity index (χ3n) is 3.71.